The minimum Gasteiger partial charge on any atom is -0.507 e. The van der Waals surface area contributed by atoms with E-state index in [0.29, 0.717) is 17.5 Å². The van der Waals surface area contributed by atoms with Gasteiger partial charge in [-0.2, -0.15) is 0 Å². The van der Waals surface area contributed by atoms with E-state index in [1.54, 1.807) is 19.1 Å². The third-order valence-corrected chi connectivity index (χ3v) is 2.37. The number of ether oxygens (including phenoxy) is 2. The predicted octanol–water partition coefficient (Wildman–Crippen LogP) is 2.28. The standard InChI is InChI=1S/C12H16O4/c1-4-9(13)8-6-5-7-10(14)11(8)12(15-2)16-3/h5-7,12,14H,4H2,1-3H3. The van der Waals surface area contributed by atoms with Gasteiger partial charge < -0.3 is 14.6 Å². The highest BCUT2D eigenvalue weighted by Gasteiger charge is 2.21. The van der Waals surface area contributed by atoms with E-state index in [9.17, 15) is 9.90 Å². The van der Waals surface area contributed by atoms with E-state index >= 15 is 0 Å². The Morgan fingerprint density at radius 3 is 2.50 bits per heavy atom. The maximum atomic E-state index is 11.7. The summed E-state index contributed by atoms with van der Waals surface area (Å²) in [6.45, 7) is 1.77. The summed E-state index contributed by atoms with van der Waals surface area (Å²) in [6, 6.07) is 4.79. The van der Waals surface area contributed by atoms with Crippen molar-refractivity contribution in [3.63, 3.8) is 0 Å². The summed E-state index contributed by atoms with van der Waals surface area (Å²) >= 11 is 0. The predicted molar refractivity (Wildman–Crippen MR) is 59.5 cm³/mol. The lowest BCUT2D eigenvalue weighted by molar-refractivity contribution is -0.107. The molecule has 0 aliphatic carbocycles. The van der Waals surface area contributed by atoms with Crippen LogP contribution in [0.15, 0.2) is 18.2 Å². The van der Waals surface area contributed by atoms with Crippen LogP contribution in [0.25, 0.3) is 0 Å². The molecule has 0 aliphatic heterocycles. The summed E-state index contributed by atoms with van der Waals surface area (Å²) in [6.07, 6.45) is -0.358. The number of Topliss-reactive ketones (excluding diaryl/α,β-unsaturated/α-hetero) is 1. The molecule has 0 heterocycles. The van der Waals surface area contributed by atoms with Crippen LogP contribution in [0.5, 0.6) is 5.75 Å². The highest BCUT2D eigenvalue weighted by atomic mass is 16.7. The van der Waals surface area contributed by atoms with Gasteiger partial charge in [-0.3, -0.25) is 4.79 Å². The Morgan fingerprint density at radius 1 is 1.38 bits per heavy atom. The van der Waals surface area contributed by atoms with Crippen LogP contribution in [0.1, 0.15) is 35.6 Å². The highest BCUT2D eigenvalue weighted by Crippen LogP contribution is 2.30. The molecule has 0 bridgehead atoms. The number of hydrogen-bond acceptors (Lipinski definition) is 4. The van der Waals surface area contributed by atoms with Gasteiger partial charge in [0.1, 0.15) is 5.75 Å². The van der Waals surface area contributed by atoms with Crippen LogP contribution in [-0.2, 0) is 9.47 Å². The number of aromatic hydroxyl groups is 1. The van der Waals surface area contributed by atoms with E-state index in [1.165, 1.54) is 20.3 Å². The Bertz CT molecular complexity index is 369. The molecule has 1 aromatic rings. The maximum Gasteiger partial charge on any atom is 0.187 e. The van der Waals surface area contributed by atoms with E-state index in [-0.39, 0.29) is 11.5 Å². The van der Waals surface area contributed by atoms with E-state index in [0.717, 1.165) is 0 Å². The average Bonchev–Trinajstić information content (AvgIpc) is 2.31. The van der Waals surface area contributed by atoms with Crippen molar-refractivity contribution < 1.29 is 19.4 Å². The Balaban J connectivity index is 3.27. The molecule has 88 valence electrons. The largest absolute Gasteiger partial charge is 0.507 e. The van der Waals surface area contributed by atoms with Gasteiger partial charge in [-0.1, -0.05) is 19.1 Å². The molecule has 0 spiro atoms. The van der Waals surface area contributed by atoms with E-state index in [2.05, 4.69) is 0 Å². The Hall–Kier alpha value is -1.39. The molecule has 0 amide bonds. The normalized spacial score (nSPS) is 10.8. The molecule has 4 nitrogen and oxygen atoms in total. The smallest absolute Gasteiger partial charge is 0.187 e. The zero-order valence-electron chi connectivity index (χ0n) is 9.69. The number of phenols is 1. The minimum absolute atomic E-state index is 0.00741. The topological polar surface area (TPSA) is 55.8 Å². The lowest BCUT2D eigenvalue weighted by atomic mass is 10.0. The first-order chi connectivity index (χ1) is 7.65. The SMILES string of the molecule is CCC(=O)c1cccc(O)c1C(OC)OC. The summed E-state index contributed by atoms with van der Waals surface area (Å²) < 4.78 is 10.1. The van der Waals surface area contributed by atoms with E-state index < -0.39 is 6.29 Å². The van der Waals surface area contributed by atoms with Crippen LogP contribution in [0, 0.1) is 0 Å². The molecule has 0 saturated heterocycles. The first kappa shape index (κ1) is 12.7. The number of carbonyl (C=O) groups is 1. The van der Waals surface area contributed by atoms with Crippen molar-refractivity contribution in [2.24, 2.45) is 0 Å². The number of phenolic OH excluding ortho intramolecular Hbond substituents is 1. The molecule has 0 atom stereocenters. The second kappa shape index (κ2) is 5.63. The van der Waals surface area contributed by atoms with Crippen LogP contribution >= 0.6 is 0 Å². The summed E-state index contributed by atoms with van der Waals surface area (Å²) in [4.78, 5) is 11.7. The third kappa shape index (κ3) is 2.40. The van der Waals surface area contributed by atoms with Gasteiger partial charge in [-0.05, 0) is 6.07 Å². The van der Waals surface area contributed by atoms with Gasteiger partial charge in [0.15, 0.2) is 12.1 Å². The van der Waals surface area contributed by atoms with Crippen molar-refractivity contribution in [2.75, 3.05) is 14.2 Å². The van der Waals surface area contributed by atoms with Gasteiger partial charge >= 0.3 is 0 Å². The molecule has 0 aliphatic rings. The van der Waals surface area contributed by atoms with Crippen LogP contribution in [0.2, 0.25) is 0 Å². The second-order valence-corrected chi connectivity index (χ2v) is 3.32. The molecule has 0 fully saturated rings. The second-order valence-electron chi connectivity index (χ2n) is 3.32. The molecular weight excluding hydrogens is 208 g/mol. The zero-order valence-corrected chi connectivity index (χ0v) is 9.69. The van der Waals surface area contributed by atoms with Crippen molar-refractivity contribution in [1.29, 1.82) is 0 Å². The van der Waals surface area contributed by atoms with Crippen LogP contribution in [0.4, 0.5) is 0 Å². The molecule has 1 aromatic carbocycles. The number of benzene rings is 1. The highest BCUT2D eigenvalue weighted by molar-refractivity contribution is 5.97. The van der Waals surface area contributed by atoms with Crippen molar-refractivity contribution in [3.05, 3.63) is 29.3 Å². The maximum absolute atomic E-state index is 11.7. The fourth-order valence-electron chi connectivity index (χ4n) is 1.57. The quantitative estimate of drug-likeness (QED) is 0.615. The monoisotopic (exact) mass is 224 g/mol. The van der Waals surface area contributed by atoms with E-state index in [1.807, 2.05) is 0 Å². The van der Waals surface area contributed by atoms with Crippen molar-refractivity contribution in [2.45, 2.75) is 19.6 Å². The fourth-order valence-corrected chi connectivity index (χ4v) is 1.57. The van der Waals surface area contributed by atoms with Gasteiger partial charge in [-0.15, -0.1) is 0 Å². The summed E-state index contributed by atoms with van der Waals surface area (Å²) in [5.41, 5.74) is 0.829. The summed E-state index contributed by atoms with van der Waals surface area (Å²) in [5.74, 6) is -0.0435. The number of ketones is 1. The van der Waals surface area contributed by atoms with Crippen LogP contribution < -0.4 is 0 Å². The lowest BCUT2D eigenvalue weighted by Gasteiger charge is -2.18. The molecule has 0 aromatic heterocycles. The van der Waals surface area contributed by atoms with Crippen molar-refractivity contribution in [1.82, 2.24) is 0 Å². The van der Waals surface area contributed by atoms with Gasteiger partial charge in [0, 0.05) is 26.2 Å². The average molecular weight is 224 g/mol. The lowest BCUT2D eigenvalue weighted by Crippen LogP contribution is -2.10. The third-order valence-electron chi connectivity index (χ3n) is 2.37. The minimum atomic E-state index is -0.730. The molecule has 0 unspecified atom stereocenters. The molecule has 1 rings (SSSR count). The van der Waals surface area contributed by atoms with Gasteiger partial charge in [0.05, 0.1) is 5.56 Å². The molecule has 0 radical (unpaired) electrons. The van der Waals surface area contributed by atoms with Crippen LogP contribution in [0.3, 0.4) is 0 Å². The fraction of sp³-hybridized carbons (Fsp3) is 0.417. The molecule has 4 heteroatoms. The Labute approximate surface area is 94.8 Å². The molecule has 0 saturated carbocycles. The number of rotatable bonds is 5. The number of hydrogen-bond donors (Lipinski definition) is 1. The van der Waals surface area contributed by atoms with Crippen molar-refractivity contribution in [3.8, 4) is 5.75 Å². The molecule has 16 heavy (non-hydrogen) atoms. The number of methoxy groups -OCH3 is 2. The zero-order chi connectivity index (χ0) is 12.1. The Kier molecular flexibility index (Phi) is 4.46. The van der Waals surface area contributed by atoms with Gasteiger partial charge in [0.25, 0.3) is 0 Å². The first-order valence-corrected chi connectivity index (χ1v) is 5.06. The van der Waals surface area contributed by atoms with Gasteiger partial charge in [0.2, 0.25) is 0 Å². The molecular formula is C12H16O4. The Morgan fingerprint density at radius 2 is 2.00 bits per heavy atom. The first-order valence-electron chi connectivity index (χ1n) is 5.06. The van der Waals surface area contributed by atoms with Gasteiger partial charge in [-0.25, -0.2) is 0 Å². The number of carbonyl (C=O) groups excluding carboxylic acids is 1. The summed E-state index contributed by atoms with van der Waals surface area (Å²) in [7, 11) is 2.92. The summed E-state index contributed by atoms with van der Waals surface area (Å²) in [5, 5.41) is 9.76. The van der Waals surface area contributed by atoms with Crippen molar-refractivity contribution >= 4 is 5.78 Å². The molecule has 1 N–H and O–H groups in total. The van der Waals surface area contributed by atoms with Crippen LogP contribution in [-0.4, -0.2) is 25.1 Å². The van der Waals surface area contributed by atoms with E-state index in [4.69, 9.17) is 9.47 Å².